The van der Waals surface area contributed by atoms with Crippen molar-refractivity contribution in [2.75, 3.05) is 39.8 Å². The number of amides is 1. The van der Waals surface area contributed by atoms with E-state index in [1.54, 1.807) is 31.3 Å². The average molecular weight is 449 g/mol. The van der Waals surface area contributed by atoms with Crippen molar-refractivity contribution in [3.63, 3.8) is 0 Å². The fraction of sp³-hybridized carbons (Fsp3) is 0.296. The van der Waals surface area contributed by atoms with Gasteiger partial charge in [-0.05, 0) is 42.3 Å². The second-order valence-electron chi connectivity index (χ2n) is 7.86. The Morgan fingerprint density at radius 1 is 0.848 bits per heavy atom. The van der Waals surface area contributed by atoms with Gasteiger partial charge in [-0.1, -0.05) is 42.5 Å². The lowest BCUT2D eigenvalue weighted by Crippen LogP contribution is -2.30. The molecule has 0 aliphatic carbocycles. The van der Waals surface area contributed by atoms with Gasteiger partial charge in [0.15, 0.2) is 11.5 Å². The van der Waals surface area contributed by atoms with E-state index in [0.29, 0.717) is 42.5 Å². The molecule has 0 spiro atoms. The standard InChI is InChI=1S/C27H32N2O4/c1-6-29(18-20-12-14-23(15-13-20)28(2)3)27(30)22-16-24(31-4)26(25(17-22)32-5)33-19-21-10-8-7-9-11-21/h7-17H,6,18-19H2,1-5H3. The molecule has 0 unspecified atom stereocenters. The molecule has 6 nitrogen and oxygen atoms in total. The predicted octanol–water partition coefficient (Wildman–Crippen LogP) is 5.01. The van der Waals surface area contributed by atoms with E-state index in [-0.39, 0.29) is 5.91 Å². The summed E-state index contributed by atoms with van der Waals surface area (Å²) in [7, 11) is 7.13. The SMILES string of the molecule is CCN(Cc1ccc(N(C)C)cc1)C(=O)c1cc(OC)c(OCc2ccccc2)c(OC)c1. The van der Waals surface area contributed by atoms with Gasteiger partial charge in [-0.3, -0.25) is 4.79 Å². The fourth-order valence-corrected chi connectivity index (χ4v) is 3.51. The van der Waals surface area contributed by atoms with Gasteiger partial charge in [0.25, 0.3) is 5.91 Å². The number of carbonyl (C=O) groups is 1. The van der Waals surface area contributed by atoms with Crippen LogP contribution in [0.15, 0.2) is 66.7 Å². The van der Waals surface area contributed by atoms with Crippen LogP contribution >= 0.6 is 0 Å². The molecule has 6 heteroatoms. The van der Waals surface area contributed by atoms with Gasteiger partial charge in [-0.25, -0.2) is 0 Å². The number of nitrogens with zero attached hydrogens (tertiary/aromatic N) is 2. The highest BCUT2D eigenvalue weighted by Gasteiger charge is 2.21. The van der Waals surface area contributed by atoms with Gasteiger partial charge < -0.3 is 24.0 Å². The molecule has 3 aromatic carbocycles. The molecule has 0 radical (unpaired) electrons. The fourth-order valence-electron chi connectivity index (χ4n) is 3.51. The zero-order valence-corrected chi connectivity index (χ0v) is 20.0. The highest BCUT2D eigenvalue weighted by molar-refractivity contribution is 5.95. The van der Waals surface area contributed by atoms with E-state index in [4.69, 9.17) is 14.2 Å². The van der Waals surface area contributed by atoms with E-state index >= 15 is 0 Å². The molecule has 0 fully saturated rings. The minimum Gasteiger partial charge on any atom is -0.493 e. The first-order chi connectivity index (χ1) is 16.0. The summed E-state index contributed by atoms with van der Waals surface area (Å²) >= 11 is 0. The smallest absolute Gasteiger partial charge is 0.254 e. The van der Waals surface area contributed by atoms with Crippen molar-refractivity contribution in [3.8, 4) is 17.2 Å². The quantitative estimate of drug-likeness (QED) is 0.436. The molecular weight excluding hydrogens is 416 g/mol. The minimum atomic E-state index is -0.0969. The monoisotopic (exact) mass is 448 g/mol. The van der Waals surface area contributed by atoms with Crippen LogP contribution in [-0.2, 0) is 13.2 Å². The van der Waals surface area contributed by atoms with Gasteiger partial charge in [-0.2, -0.15) is 0 Å². The lowest BCUT2D eigenvalue weighted by Gasteiger charge is -2.23. The van der Waals surface area contributed by atoms with Crippen LogP contribution in [-0.4, -0.2) is 45.7 Å². The van der Waals surface area contributed by atoms with Crippen LogP contribution in [0.25, 0.3) is 0 Å². The van der Waals surface area contributed by atoms with Crippen LogP contribution in [0.3, 0.4) is 0 Å². The zero-order chi connectivity index (χ0) is 23.8. The van der Waals surface area contributed by atoms with E-state index in [2.05, 4.69) is 12.1 Å². The van der Waals surface area contributed by atoms with Crippen molar-refractivity contribution in [3.05, 3.63) is 83.4 Å². The molecule has 0 aromatic heterocycles. The zero-order valence-electron chi connectivity index (χ0n) is 20.0. The van der Waals surface area contributed by atoms with E-state index < -0.39 is 0 Å². The number of rotatable bonds is 10. The predicted molar refractivity (Wildman–Crippen MR) is 132 cm³/mol. The van der Waals surface area contributed by atoms with Gasteiger partial charge in [0, 0.05) is 38.4 Å². The molecule has 0 saturated heterocycles. The Bertz CT molecular complexity index is 1020. The van der Waals surface area contributed by atoms with E-state index in [1.807, 2.05) is 68.4 Å². The number of carbonyl (C=O) groups excluding carboxylic acids is 1. The maximum atomic E-state index is 13.3. The Labute approximate surface area is 196 Å². The van der Waals surface area contributed by atoms with Crippen molar-refractivity contribution < 1.29 is 19.0 Å². The summed E-state index contributed by atoms with van der Waals surface area (Å²) in [6.07, 6.45) is 0. The molecule has 3 aromatic rings. The Kier molecular flexibility index (Phi) is 8.19. The lowest BCUT2D eigenvalue weighted by atomic mass is 10.1. The minimum absolute atomic E-state index is 0.0969. The summed E-state index contributed by atoms with van der Waals surface area (Å²) in [6.45, 7) is 3.42. The van der Waals surface area contributed by atoms with Crippen LogP contribution in [0.1, 0.15) is 28.4 Å². The molecular formula is C27H32N2O4. The van der Waals surface area contributed by atoms with Crippen LogP contribution < -0.4 is 19.1 Å². The van der Waals surface area contributed by atoms with Crippen LogP contribution in [0.2, 0.25) is 0 Å². The van der Waals surface area contributed by atoms with Gasteiger partial charge in [0.2, 0.25) is 5.75 Å². The number of benzene rings is 3. The Morgan fingerprint density at radius 3 is 1.97 bits per heavy atom. The molecule has 0 saturated carbocycles. The summed E-state index contributed by atoms with van der Waals surface area (Å²) in [4.78, 5) is 17.2. The molecule has 0 N–H and O–H groups in total. The van der Waals surface area contributed by atoms with Crippen LogP contribution in [0.4, 0.5) is 5.69 Å². The van der Waals surface area contributed by atoms with Crippen molar-refractivity contribution >= 4 is 11.6 Å². The van der Waals surface area contributed by atoms with Gasteiger partial charge in [-0.15, -0.1) is 0 Å². The molecule has 3 rings (SSSR count). The summed E-state index contributed by atoms with van der Waals surface area (Å²) in [5, 5.41) is 0. The third-order valence-electron chi connectivity index (χ3n) is 5.43. The number of hydrogen-bond acceptors (Lipinski definition) is 5. The van der Waals surface area contributed by atoms with Gasteiger partial charge in [0.05, 0.1) is 14.2 Å². The Morgan fingerprint density at radius 2 is 1.45 bits per heavy atom. The first-order valence-corrected chi connectivity index (χ1v) is 10.9. The highest BCUT2D eigenvalue weighted by atomic mass is 16.5. The van der Waals surface area contributed by atoms with Crippen LogP contribution in [0.5, 0.6) is 17.2 Å². The van der Waals surface area contributed by atoms with E-state index in [0.717, 1.165) is 16.8 Å². The van der Waals surface area contributed by atoms with E-state index in [9.17, 15) is 4.79 Å². The first kappa shape index (κ1) is 24.0. The largest absolute Gasteiger partial charge is 0.493 e. The number of ether oxygens (including phenoxy) is 3. The maximum absolute atomic E-state index is 13.3. The molecule has 33 heavy (non-hydrogen) atoms. The topological polar surface area (TPSA) is 51.2 Å². The molecule has 1 amide bonds. The normalized spacial score (nSPS) is 10.5. The second-order valence-corrected chi connectivity index (χ2v) is 7.86. The van der Waals surface area contributed by atoms with E-state index in [1.165, 1.54) is 0 Å². The molecule has 0 aliphatic rings. The summed E-state index contributed by atoms with van der Waals surface area (Å²) < 4.78 is 17.1. The van der Waals surface area contributed by atoms with Crippen molar-refractivity contribution in [2.45, 2.75) is 20.1 Å². The van der Waals surface area contributed by atoms with Crippen LogP contribution in [0, 0.1) is 0 Å². The highest BCUT2D eigenvalue weighted by Crippen LogP contribution is 2.39. The second kappa shape index (κ2) is 11.3. The lowest BCUT2D eigenvalue weighted by molar-refractivity contribution is 0.0751. The van der Waals surface area contributed by atoms with Crippen molar-refractivity contribution in [1.29, 1.82) is 0 Å². The molecule has 0 atom stereocenters. The summed E-state index contributed by atoms with van der Waals surface area (Å²) in [6, 6.07) is 21.5. The molecule has 0 aliphatic heterocycles. The first-order valence-electron chi connectivity index (χ1n) is 10.9. The maximum Gasteiger partial charge on any atom is 0.254 e. The van der Waals surface area contributed by atoms with Crippen molar-refractivity contribution in [2.24, 2.45) is 0 Å². The Hall–Kier alpha value is -3.67. The molecule has 0 bridgehead atoms. The molecule has 0 heterocycles. The third kappa shape index (κ3) is 5.98. The molecule has 174 valence electrons. The third-order valence-corrected chi connectivity index (χ3v) is 5.43. The van der Waals surface area contributed by atoms with Gasteiger partial charge in [0.1, 0.15) is 6.61 Å². The number of anilines is 1. The number of hydrogen-bond donors (Lipinski definition) is 0. The number of methoxy groups -OCH3 is 2. The average Bonchev–Trinajstić information content (AvgIpc) is 2.85. The van der Waals surface area contributed by atoms with Gasteiger partial charge >= 0.3 is 0 Å². The summed E-state index contributed by atoms with van der Waals surface area (Å²) in [5.74, 6) is 1.29. The van der Waals surface area contributed by atoms with Crippen molar-refractivity contribution in [1.82, 2.24) is 4.90 Å². The summed E-state index contributed by atoms with van der Waals surface area (Å²) in [5.41, 5.74) is 3.70. The Balaban J connectivity index is 1.82.